The normalized spacial score (nSPS) is 23.8. The van der Waals surface area contributed by atoms with Gasteiger partial charge in [-0.3, -0.25) is 0 Å². The Labute approximate surface area is 627 Å². The van der Waals surface area contributed by atoms with Crippen molar-refractivity contribution in [2.75, 3.05) is 0 Å². The molecular weight excluding hydrogens is 1310 g/mol. The summed E-state index contributed by atoms with van der Waals surface area (Å²) in [4.78, 5) is 0. The Morgan fingerprint density at radius 3 is 0.670 bits per heavy atom. The molecule has 0 aromatic heterocycles. The van der Waals surface area contributed by atoms with Gasteiger partial charge < -0.3 is 39.4 Å². The van der Waals surface area contributed by atoms with E-state index in [-0.39, 0.29) is 94.8 Å². The third-order valence-electron chi connectivity index (χ3n) is 25.3. The van der Waals surface area contributed by atoms with Gasteiger partial charge in [-0.05, 0) is 183 Å². The van der Waals surface area contributed by atoms with Gasteiger partial charge >= 0.3 is 0 Å². The van der Waals surface area contributed by atoms with Crippen LogP contribution in [0.4, 0.5) is 0 Å². The van der Waals surface area contributed by atoms with Crippen molar-refractivity contribution in [1.82, 2.24) is 0 Å². The lowest BCUT2D eigenvalue weighted by Crippen LogP contribution is -2.27. The molecule has 10 aromatic carbocycles. The second-order valence-corrected chi connectivity index (χ2v) is 34.5. The predicted octanol–water partition coefficient (Wildman–Crippen LogP) is 22.9. The van der Waals surface area contributed by atoms with Crippen molar-refractivity contribution in [2.45, 2.75) is 194 Å². The Morgan fingerprint density at radius 2 is 0.472 bits per heavy atom. The first-order chi connectivity index (χ1) is 51.3. The molecule has 0 saturated carbocycles. The Hall–Kier alpha value is -9.40. The van der Waals surface area contributed by atoms with Crippen LogP contribution in [0.15, 0.2) is 182 Å². The predicted molar refractivity (Wildman–Crippen MR) is 423 cm³/mol. The number of fused-ring (bicyclic) bond motifs is 28. The molecule has 0 radical (unpaired) electrons. The van der Waals surface area contributed by atoms with Crippen LogP contribution in [0.3, 0.4) is 0 Å². The zero-order chi connectivity index (χ0) is 73.1. The third kappa shape index (κ3) is 12.4. The fraction of sp³-hybridized carbons (Fsp3) is 0.388. The number of phenolic OH excluding ortho intramolecular Hbond substituents is 4. The van der Waals surface area contributed by atoms with E-state index in [9.17, 15) is 20.4 Å². The zero-order valence-electron chi connectivity index (χ0n) is 63.5. The standard InChI is InChI=1S/C84H88O8.2C7H8/c1-41(2)25-57-61-37-66(82-69(73(61)85)33-49-29-46-18-10-14-22-54(46)78(49)90-82)59(27-43(5)6)63-39-68(84-71(75(63)87)35-51-31-48-20-12-16-24-56(48)80(51)92-84)60(28-44(7)8)64-40-67(83-72(76(64)88)36-52-32-47-19-11-15-23-55(47)79(52)91-83)58(26-42(3)4)62-38-65(57)81-70(74(62)86)34-50-30-45-17-9-13-21-53(45)77(50)89-81;2*1-7-5-3-2-4-6-7/h9-24,37-44,49-52,57-60,77-80,85-88H,25-36H2,1-8H3;2*2-6H,1H3/t49-,50-,51-,52-,57-,58-,59-,60-,77+,78+,79+,80+;;/m1../s1. The van der Waals surface area contributed by atoms with Gasteiger partial charge in [-0.1, -0.05) is 224 Å². The lowest BCUT2D eigenvalue weighted by Gasteiger charge is -2.39. The molecule has 4 N–H and O–H groups in total. The third-order valence-corrected chi connectivity index (χ3v) is 25.3. The maximum Gasteiger partial charge on any atom is 0.130 e. The quantitative estimate of drug-likeness (QED) is 0.119. The summed E-state index contributed by atoms with van der Waals surface area (Å²) in [5.74, 6) is 3.42. The summed E-state index contributed by atoms with van der Waals surface area (Å²) in [6.07, 6.45) is 7.77. The molecule has 0 amide bonds. The van der Waals surface area contributed by atoms with Crippen molar-refractivity contribution in [3.8, 4) is 46.0 Å². The Balaban J connectivity index is 0.000000532. The van der Waals surface area contributed by atoms with Crippen LogP contribution in [-0.2, 0) is 51.4 Å². The molecule has 106 heavy (non-hydrogen) atoms. The number of aryl methyl sites for hydroxylation is 2. The zero-order valence-corrected chi connectivity index (χ0v) is 63.5. The van der Waals surface area contributed by atoms with Gasteiger partial charge in [-0.15, -0.1) is 0 Å². The van der Waals surface area contributed by atoms with E-state index in [2.05, 4.69) is 215 Å². The number of aromatic hydroxyl groups is 4. The number of hydrogen-bond acceptors (Lipinski definition) is 8. The molecule has 10 aromatic rings. The summed E-state index contributed by atoms with van der Waals surface area (Å²) >= 11 is 0. The Bertz CT molecular complexity index is 4400. The minimum atomic E-state index is -0.403. The number of benzene rings is 10. The summed E-state index contributed by atoms with van der Waals surface area (Å²) in [5.41, 5.74) is 23.1. The topological polar surface area (TPSA) is 118 Å². The average Bonchev–Trinajstić information content (AvgIpc) is 1.11. The van der Waals surface area contributed by atoms with Crippen molar-refractivity contribution in [3.63, 3.8) is 0 Å². The maximum absolute atomic E-state index is 13.9. The van der Waals surface area contributed by atoms with Gasteiger partial charge in [0.1, 0.15) is 70.4 Å². The summed E-state index contributed by atoms with van der Waals surface area (Å²) in [6.45, 7) is 22.4. The lowest BCUT2D eigenvalue weighted by atomic mass is 9.71. The molecular formula is C98H104O8. The van der Waals surface area contributed by atoms with Crippen molar-refractivity contribution >= 4 is 0 Å². The molecule has 5 aliphatic carbocycles. The van der Waals surface area contributed by atoms with Crippen LogP contribution in [0, 0.1) is 61.2 Å². The van der Waals surface area contributed by atoms with E-state index in [1.807, 2.05) is 36.4 Å². The van der Waals surface area contributed by atoms with E-state index >= 15 is 0 Å². The molecule has 0 fully saturated rings. The van der Waals surface area contributed by atoms with Gasteiger partial charge in [0, 0.05) is 114 Å². The van der Waals surface area contributed by atoms with Crippen LogP contribution in [0.1, 0.15) is 252 Å². The first-order valence-corrected chi connectivity index (χ1v) is 39.9. The van der Waals surface area contributed by atoms with E-state index < -0.39 is 23.7 Å². The molecule has 0 spiro atoms. The Kier molecular flexibility index (Phi) is 18.4. The van der Waals surface area contributed by atoms with Crippen molar-refractivity contribution in [1.29, 1.82) is 0 Å². The monoisotopic (exact) mass is 1410 g/mol. The van der Waals surface area contributed by atoms with Crippen LogP contribution < -0.4 is 18.9 Å². The molecule has 4 heterocycles. The summed E-state index contributed by atoms with van der Waals surface area (Å²) in [6, 6.07) is 64.6. The van der Waals surface area contributed by atoms with Crippen LogP contribution in [0.2, 0.25) is 0 Å². The highest BCUT2D eigenvalue weighted by Gasteiger charge is 2.49. The smallest absolute Gasteiger partial charge is 0.130 e. The van der Waals surface area contributed by atoms with Crippen LogP contribution in [0.25, 0.3) is 0 Å². The molecule has 0 saturated heterocycles. The van der Waals surface area contributed by atoms with Crippen LogP contribution in [-0.4, -0.2) is 20.4 Å². The molecule has 4 aliphatic heterocycles. The van der Waals surface area contributed by atoms with Crippen LogP contribution >= 0.6 is 0 Å². The van der Waals surface area contributed by atoms with Crippen molar-refractivity contribution in [2.24, 2.45) is 47.3 Å². The summed E-state index contributed by atoms with van der Waals surface area (Å²) < 4.78 is 30.6. The minimum absolute atomic E-state index is 0.107. The van der Waals surface area contributed by atoms with E-state index in [1.165, 1.54) is 55.6 Å². The number of phenols is 4. The summed E-state index contributed by atoms with van der Waals surface area (Å²) in [5, 5.41) is 55.4. The molecule has 12 atom stereocenters. The van der Waals surface area contributed by atoms with Gasteiger partial charge in [0.25, 0.3) is 0 Å². The highest BCUT2D eigenvalue weighted by molar-refractivity contribution is 5.71. The minimum Gasteiger partial charge on any atom is -0.507 e. The second kappa shape index (κ2) is 28.1. The van der Waals surface area contributed by atoms with Gasteiger partial charge in [-0.25, -0.2) is 0 Å². The molecule has 19 rings (SSSR count). The van der Waals surface area contributed by atoms with Gasteiger partial charge in [0.05, 0.1) is 0 Å². The number of rotatable bonds is 8. The van der Waals surface area contributed by atoms with E-state index in [4.69, 9.17) is 18.9 Å². The molecule has 8 nitrogen and oxygen atoms in total. The summed E-state index contributed by atoms with van der Waals surface area (Å²) in [7, 11) is 0. The van der Waals surface area contributed by atoms with Crippen molar-refractivity contribution < 1.29 is 39.4 Å². The molecule has 544 valence electrons. The SMILES string of the molecule is CC(C)C[C@@H]1c2cc(c3c(c2O)C[C@H]2Cc4ccccc4[C@H]2O3)[C@H](CC(C)C)c2cc(c3c(c2O)C[C@H]2Cc4ccccc4[C@H]2O3)[C@H](CC(C)C)c2cc(c3c(c2O)C[C@H]2Cc4ccccc4[C@H]2O3)[C@H](CC(C)C)c2cc1c1c(c2O)C[C@H]2Cc3ccccc3[C@H]2O1.Cc1ccccc1.Cc1ccccc1. The van der Waals surface area contributed by atoms with E-state index in [1.54, 1.807) is 0 Å². The molecule has 8 bridgehead atoms. The first kappa shape index (κ1) is 69.6. The van der Waals surface area contributed by atoms with Crippen molar-refractivity contribution in [3.05, 3.63) is 304 Å². The average molecular weight is 1410 g/mol. The second-order valence-electron chi connectivity index (χ2n) is 34.5. The number of hydrogen-bond donors (Lipinski definition) is 4. The fourth-order valence-electron chi connectivity index (χ4n) is 20.6. The van der Waals surface area contributed by atoms with Gasteiger partial charge in [0.2, 0.25) is 0 Å². The first-order valence-electron chi connectivity index (χ1n) is 39.9. The van der Waals surface area contributed by atoms with Crippen LogP contribution in [0.5, 0.6) is 46.0 Å². The molecule has 0 unspecified atom stereocenters. The lowest BCUT2D eigenvalue weighted by molar-refractivity contribution is 0.123. The maximum atomic E-state index is 13.9. The van der Waals surface area contributed by atoms with Gasteiger partial charge in [0.15, 0.2) is 0 Å². The highest BCUT2D eigenvalue weighted by Crippen LogP contribution is 2.64. The Morgan fingerprint density at radius 1 is 0.264 bits per heavy atom. The fourth-order valence-corrected chi connectivity index (χ4v) is 20.6. The molecule has 8 heteroatoms. The number of ether oxygens (including phenoxy) is 4. The van der Waals surface area contributed by atoms with Gasteiger partial charge in [-0.2, -0.15) is 0 Å². The largest absolute Gasteiger partial charge is 0.507 e. The molecule has 9 aliphatic rings. The van der Waals surface area contributed by atoms with E-state index in [0.717, 1.165) is 115 Å². The van der Waals surface area contributed by atoms with E-state index in [0.29, 0.717) is 51.4 Å². The highest BCUT2D eigenvalue weighted by atomic mass is 16.5.